The lowest BCUT2D eigenvalue weighted by molar-refractivity contribution is -0.136. The number of piperidine rings is 1. The zero-order chi connectivity index (χ0) is 31.4. The van der Waals surface area contributed by atoms with Crippen LogP contribution in [0.15, 0.2) is 52.8 Å². The van der Waals surface area contributed by atoms with Gasteiger partial charge >= 0.3 is 0 Å². The molecule has 11 nitrogen and oxygen atoms in total. The van der Waals surface area contributed by atoms with Crippen molar-refractivity contribution in [1.82, 2.24) is 19.7 Å². The number of methoxy groups -OCH3 is 2. The van der Waals surface area contributed by atoms with E-state index in [1.165, 1.54) is 16.2 Å². The summed E-state index contributed by atoms with van der Waals surface area (Å²) >= 11 is 1.54. The van der Waals surface area contributed by atoms with Crippen LogP contribution in [0.2, 0.25) is 0 Å². The molecule has 232 valence electrons. The predicted octanol–water partition coefficient (Wildman–Crippen LogP) is 3.31. The quantitative estimate of drug-likeness (QED) is 0.296. The van der Waals surface area contributed by atoms with Crippen molar-refractivity contribution >= 4 is 39.1 Å². The Labute approximate surface area is 262 Å². The van der Waals surface area contributed by atoms with Gasteiger partial charge in [0.25, 0.3) is 11.5 Å². The van der Waals surface area contributed by atoms with Crippen molar-refractivity contribution in [2.75, 3.05) is 27.3 Å². The van der Waals surface area contributed by atoms with E-state index in [4.69, 9.17) is 14.2 Å². The molecule has 0 bridgehead atoms. The zero-order valence-corrected chi connectivity index (χ0v) is 25.9. The molecule has 2 saturated heterocycles. The van der Waals surface area contributed by atoms with Crippen LogP contribution >= 0.6 is 11.3 Å². The fourth-order valence-electron chi connectivity index (χ4n) is 6.45. The number of nitrogens with zero attached hydrogens (tertiary/aromatic N) is 3. The van der Waals surface area contributed by atoms with Crippen molar-refractivity contribution in [3.63, 3.8) is 0 Å². The molecule has 2 aromatic heterocycles. The number of hydrogen-bond acceptors (Lipinski definition) is 9. The SMILES string of the molecule is COc1cc(-c2cn(C)c(=O)c3ccsc23)cc(OC)c1CN1CC(Oc2ccc3c(c2)CN(C2CCC(=O)NC2=O)C3=O)C1. The molecule has 1 unspecified atom stereocenters. The van der Waals surface area contributed by atoms with Crippen LogP contribution in [0.1, 0.15) is 34.3 Å². The summed E-state index contributed by atoms with van der Waals surface area (Å²) in [5.41, 5.74) is 4.13. The number of amides is 3. The molecule has 7 rings (SSSR count). The Morgan fingerprint density at radius 2 is 1.73 bits per heavy atom. The lowest BCUT2D eigenvalue weighted by atomic mass is 10.0. The number of aryl methyl sites for hydroxylation is 1. The van der Waals surface area contributed by atoms with Gasteiger partial charge in [-0.2, -0.15) is 0 Å². The third kappa shape index (κ3) is 5.13. The molecule has 1 atom stereocenters. The van der Waals surface area contributed by atoms with Crippen molar-refractivity contribution in [3.8, 4) is 28.4 Å². The highest BCUT2D eigenvalue weighted by Gasteiger charge is 2.39. The van der Waals surface area contributed by atoms with Crippen molar-refractivity contribution in [3.05, 3.63) is 75.0 Å². The number of thiophene rings is 1. The molecule has 0 aliphatic carbocycles. The maximum atomic E-state index is 13.0. The molecule has 2 fully saturated rings. The molecule has 1 N–H and O–H groups in total. The summed E-state index contributed by atoms with van der Waals surface area (Å²) in [6, 6.07) is 10.6. The van der Waals surface area contributed by atoms with Crippen LogP contribution in [0.4, 0.5) is 0 Å². The van der Waals surface area contributed by atoms with Crippen molar-refractivity contribution in [2.45, 2.75) is 38.1 Å². The first-order valence-electron chi connectivity index (χ1n) is 14.7. The molecule has 0 saturated carbocycles. The van der Waals surface area contributed by atoms with E-state index in [0.717, 1.165) is 27.0 Å². The Balaban J connectivity index is 1.03. The second-order valence-corrected chi connectivity index (χ2v) is 12.6. The highest BCUT2D eigenvalue weighted by molar-refractivity contribution is 7.17. The molecule has 0 spiro atoms. The molecule has 4 aromatic rings. The number of nitrogens with one attached hydrogen (secondary N) is 1. The Bertz CT molecular complexity index is 1900. The van der Waals surface area contributed by atoms with E-state index in [0.29, 0.717) is 60.8 Å². The van der Waals surface area contributed by atoms with Crippen LogP contribution in [-0.2, 0) is 29.7 Å². The summed E-state index contributed by atoms with van der Waals surface area (Å²) in [6.45, 7) is 2.31. The van der Waals surface area contributed by atoms with Gasteiger partial charge in [0.15, 0.2) is 0 Å². The van der Waals surface area contributed by atoms with Crippen LogP contribution in [0.25, 0.3) is 21.2 Å². The maximum absolute atomic E-state index is 13.0. The summed E-state index contributed by atoms with van der Waals surface area (Å²) in [5, 5.41) is 4.95. The van der Waals surface area contributed by atoms with Crippen molar-refractivity contribution < 1.29 is 28.6 Å². The average molecular weight is 629 g/mol. The molecule has 3 amide bonds. The first-order valence-corrected chi connectivity index (χ1v) is 15.6. The van der Waals surface area contributed by atoms with Gasteiger partial charge in [0, 0.05) is 61.7 Å². The number of imide groups is 1. The third-order valence-corrected chi connectivity index (χ3v) is 9.75. The van der Waals surface area contributed by atoms with Gasteiger partial charge in [-0.3, -0.25) is 29.4 Å². The Morgan fingerprint density at radius 1 is 0.978 bits per heavy atom. The number of carbonyl (C=O) groups is 3. The van der Waals surface area contributed by atoms with Crippen molar-refractivity contribution in [2.24, 2.45) is 7.05 Å². The lowest BCUT2D eigenvalue weighted by Gasteiger charge is -2.39. The van der Waals surface area contributed by atoms with Gasteiger partial charge in [0.1, 0.15) is 29.4 Å². The van der Waals surface area contributed by atoms with Crippen LogP contribution in [-0.4, -0.2) is 71.5 Å². The van der Waals surface area contributed by atoms with Crippen LogP contribution in [0, 0.1) is 0 Å². The van der Waals surface area contributed by atoms with Gasteiger partial charge in [-0.15, -0.1) is 11.3 Å². The number of pyridine rings is 1. The lowest BCUT2D eigenvalue weighted by Crippen LogP contribution is -2.53. The van der Waals surface area contributed by atoms with Gasteiger partial charge in [-0.05, 0) is 59.3 Å². The summed E-state index contributed by atoms with van der Waals surface area (Å²) in [7, 11) is 5.05. The molecule has 0 radical (unpaired) electrons. The minimum Gasteiger partial charge on any atom is -0.496 e. The van der Waals surface area contributed by atoms with E-state index in [2.05, 4.69) is 10.2 Å². The Morgan fingerprint density at radius 3 is 2.44 bits per heavy atom. The fourth-order valence-corrected chi connectivity index (χ4v) is 7.37. The molecule has 5 heterocycles. The molecule has 3 aliphatic rings. The number of likely N-dealkylation sites (tertiary alicyclic amines) is 1. The second kappa shape index (κ2) is 11.4. The standard InChI is InChI=1S/C33H32N4O7S/c1-35-16-24(30-23(32(35)40)8-9-45-30)18-11-27(42-2)25(28(12-18)43-3)17-36-14-21(15-36)44-20-4-5-22-19(10-20)13-37(33(22)41)26-6-7-29(38)34-31(26)39/h4-5,8-12,16,21,26H,6-7,13-15,17H2,1-3H3,(H,34,38,39). The summed E-state index contributed by atoms with van der Waals surface area (Å²) < 4.78 is 20.4. The van der Waals surface area contributed by atoms with E-state index in [1.54, 1.807) is 38.0 Å². The van der Waals surface area contributed by atoms with E-state index in [-0.39, 0.29) is 29.9 Å². The van der Waals surface area contributed by atoms with Crippen molar-refractivity contribution in [1.29, 1.82) is 0 Å². The second-order valence-electron chi connectivity index (χ2n) is 11.6. The first-order chi connectivity index (χ1) is 21.7. The largest absolute Gasteiger partial charge is 0.496 e. The van der Waals surface area contributed by atoms with Gasteiger partial charge in [-0.1, -0.05) is 0 Å². The number of hydrogen-bond donors (Lipinski definition) is 1. The average Bonchev–Trinajstić information content (AvgIpc) is 3.63. The Hall–Kier alpha value is -4.68. The molecule has 2 aromatic carbocycles. The molecular weight excluding hydrogens is 596 g/mol. The zero-order valence-electron chi connectivity index (χ0n) is 25.1. The van der Waals surface area contributed by atoms with E-state index in [9.17, 15) is 19.2 Å². The monoisotopic (exact) mass is 628 g/mol. The van der Waals surface area contributed by atoms with Crippen LogP contribution in [0.5, 0.6) is 17.2 Å². The van der Waals surface area contributed by atoms with Gasteiger partial charge < -0.3 is 23.7 Å². The van der Waals surface area contributed by atoms with Gasteiger partial charge in [-0.25, -0.2) is 0 Å². The van der Waals surface area contributed by atoms with E-state index >= 15 is 0 Å². The third-order valence-electron chi connectivity index (χ3n) is 8.81. The smallest absolute Gasteiger partial charge is 0.259 e. The first kappa shape index (κ1) is 29.1. The maximum Gasteiger partial charge on any atom is 0.259 e. The normalized spacial score (nSPS) is 18.6. The summed E-state index contributed by atoms with van der Waals surface area (Å²) in [6.07, 6.45) is 2.38. The van der Waals surface area contributed by atoms with Crippen LogP contribution in [0.3, 0.4) is 0 Å². The molecular formula is C33H32N4O7S. The number of fused-ring (bicyclic) bond motifs is 2. The van der Waals surface area contributed by atoms with E-state index < -0.39 is 11.9 Å². The summed E-state index contributed by atoms with van der Waals surface area (Å²) in [4.78, 5) is 53.3. The number of aromatic nitrogens is 1. The number of rotatable bonds is 8. The molecule has 45 heavy (non-hydrogen) atoms. The van der Waals surface area contributed by atoms with E-state index in [1.807, 2.05) is 35.8 Å². The Kier molecular flexibility index (Phi) is 7.33. The molecule has 12 heteroatoms. The number of ether oxygens (including phenoxy) is 3. The predicted molar refractivity (Wildman–Crippen MR) is 168 cm³/mol. The van der Waals surface area contributed by atoms with Gasteiger partial charge in [0.2, 0.25) is 11.8 Å². The highest BCUT2D eigenvalue weighted by Crippen LogP contribution is 2.40. The minimum atomic E-state index is -0.645. The van der Waals surface area contributed by atoms with Crippen LogP contribution < -0.4 is 25.1 Å². The highest BCUT2D eigenvalue weighted by atomic mass is 32.1. The number of benzene rings is 2. The summed E-state index contributed by atoms with van der Waals surface area (Å²) in [5.74, 6) is 1.15. The van der Waals surface area contributed by atoms with Gasteiger partial charge in [0.05, 0.1) is 25.2 Å². The number of carbonyl (C=O) groups excluding carboxylic acids is 3. The fraction of sp³-hybridized carbons (Fsp3) is 0.333. The molecule has 3 aliphatic heterocycles. The minimum absolute atomic E-state index is 0.0253. The topological polar surface area (TPSA) is 119 Å².